The van der Waals surface area contributed by atoms with E-state index in [4.69, 9.17) is 4.98 Å². The lowest BCUT2D eigenvalue weighted by Crippen LogP contribution is -2.03. The molecule has 0 bridgehead atoms. The summed E-state index contributed by atoms with van der Waals surface area (Å²) < 4.78 is 2.36. The minimum absolute atomic E-state index is 0.937. The quantitative estimate of drug-likeness (QED) is 0.687. The van der Waals surface area contributed by atoms with Crippen molar-refractivity contribution in [2.24, 2.45) is 0 Å². The molecule has 0 N–H and O–H groups in total. The van der Waals surface area contributed by atoms with Gasteiger partial charge in [0.05, 0.1) is 11.0 Å². The lowest BCUT2D eigenvalue weighted by Gasteiger charge is -2.06. The summed E-state index contributed by atoms with van der Waals surface area (Å²) in [6, 6.07) is 12.7. The summed E-state index contributed by atoms with van der Waals surface area (Å²) in [5.74, 6) is 1.18. The first-order valence-corrected chi connectivity index (χ1v) is 7.23. The van der Waals surface area contributed by atoms with Gasteiger partial charge in [-0.15, -0.1) is 11.3 Å². The number of imidazole rings is 1. The van der Waals surface area contributed by atoms with Crippen molar-refractivity contribution in [3.05, 3.63) is 52.5 Å². The summed E-state index contributed by atoms with van der Waals surface area (Å²) in [5.41, 5.74) is 2.36. The molecule has 0 fully saturated rings. The molecule has 18 heavy (non-hydrogen) atoms. The van der Waals surface area contributed by atoms with Crippen molar-refractivity contribution < 1.29 is 0 Å². The van der Waals surface area contributed by atoms with Crippen LogP contribution in [0.3, 0.4) is 0 Å². The fraction of sp³-hybridized carbons (Fsp3) is 0.267. The standard InChI is InChI=1S/C15H16N2S/c1-2-9-17-14-8-4-3-7-13(14)16-15(17)11-12-6-5-10-18-12/h3-8,10H,2,9,11H2,1H3. The lowest BCUT2D eigenvalue weighted by atomic mass is 10.3. The Morgan fingerprint density at radius 1 is 1.17 bits per heavy atom. The highest BCUT2D eigenvalue weighted by atomic mass is 32.1. The van der Waals surface area contributed by atoms with Crippen LogP contribution in [0.15, 0.2) is 41.8 Å². The monoisotopic (exact) mass is 256 g/mol. The van der Waals surface area contributed by atoms with Gasteiger partial charge in [0.2, 0.25) is 0 Å². The zero-order valence-corrected chi connectivity index (χ0v) is 11.3. The Morgan fingerprint density at radius 2 is 2.06 bits per heavy atom. The average Bonchev–Trinajstić information content (AvgIpc) is 3.00. The highest BCUT2D eigenvalue weighted by Crippen LogP contribution is 2.20. The van der Waals surface area contributed by atoms with Crippen LogP contribution in [0.1, 0.15) is 24.0 Å². The molecule has 0 aliphatic heterocycles. The van der Waals surface area contributed by atoms with Crippen LogP contribution in [-0.4, -0.2) is 9.55 Å². The number of fused-ring (bicyclic) bond motifs is 1. The van der Waals surface area contributed by atoms with Gasteiger partial charge in [0.1, 0.15) is 5.82 Å². The van der Waals surface area contributed by atoms with Crippen LogP contribution >= 0.6 is 11.3 Å². The summed E-state index contributed by atoms with van der Waals surface area (Å²) in [7, 11) is 0. The van der Waals surface area contributed by atoms with Crippen molar-refractivity contribution in [1.29, 1.82) is 0 Å². The molecule has 0 atom stereocenters. The van der Waals surface area contributed by atoms with Gasteiger partial charge in [0.25, 0.3) is 0 Å². The van der Waals surface area contributed by atoms with Crippen LogP contribution in [0.5, 0.6) is 0 Å². The summed E-state index contributed by atoms with van der Waals surface area (Å²) in [6.07, 6.45) is 2.07. The van der Waals surface area contributed by atoms with Crippen molar-refractivity contribution in [2.45, 2.75) is 26.3 Å². The molecule has 3 aromatic rings. The molecular weight excluding hydrogens is 240 g/mol. The van der Waals surface area contributed by atoms with E-state index >= 15 is 0 Å². The molecule has 0 saturated carbocycles. The Labute approximate surface area is 111 Å². The lowest BCUT2D eigenvalue weighted by molar-refractivity contribution is 0.665. The van der Waals surface area contributed by atoms with E-state index in [2.05, 4.69) is 53.3 Å². The van der Waals surface area contributed by atoms with Crippen LogP contribution < -0.4 is 0 Å². The molecule has 0 saturated heterocycles. The van der Waals surface area contributed by atoms with E-state index in [-0.39, 0.29) is 0 Å². The fourth-order valence-corrected chi connectivity index (χ4v) is 3.00. The number of hydrogen-bond acceptors (Lipinski definition) is 2. The third kappa shape index (κ3) is 2.06. The van der Waals surface area contributed by atoms with E-state index in [0.29, 0.717) is 0 Å². The van der Waals surface area contributed by atoms with Crippen LogP contribution in [0.25, 0.3) is 11.0 Å². The minimum atomic E-state index is 0.937. The number of thiophene rings is 1. The van der Waals surface area contributed by atoms with Gasteiger partial charge in [-0.3, -0.25) is 0 Å². The first-order valence-electron chi connectivity index (χ1n) is 6.35. The molecule has 0 unspecified atom stereocenters. The largest absolute Gasteiger partial charge is 0.328 e. The molecule has 3 rings (SSSR count). The summed E-state index contributed by atoms with van der Waals surface area (Å²) in [4.78, 5) is 6.15. The predicted octanol–water partition coefficient (Wildman–Crippen LogP) is 4.10. The maximum Gasteiger partial charge on any atom is 0.115 e. The second kappa shape index (κ2) is 4.94. The third-order valence-electron chi connectivity index (χ3n) is 3.09. The van der Waals surface area contributed by atoms with Gasteiger partial charge < -0.3 is 4.57 Å². The first-order chi connectivity index (χ1) is 8.88. The zero-order chi connectivity index (χ0) is 12.4. The smallest absolute Gasteiger partial charge is 0.115 e. The summed E-state index contributed by atoms with van der Waals surface area (Å²) >= 11 is 1.80. The van der Waals surface area contributed by atoms with Gasteiger partial charge >= 0.3 is 0 Å². The van der Waals surface area contributed by atoms with Crippen molar-refractivity contribution in [1.82, 2.24) is 9.55 Å². The number of rotatable bonds is 4. The predicted molar refractivity (Wildman–Crippen MR) is 77.1 cm³/mol. The minimum Gasteiger partial charge on any atom is -0.328 e. The SMILES string of the molecule is CCCn1c(Cc2cccs2)nc2ccccc21. The number of hydrogen-bond donors (Lipinski definition) is 0. The summed E-state index contributed by atoms with van der Waals surface area (Å²) in [5, 5.41) is 2.13. The Balaban J connectivity index is 2.06. The van der Waals surface area contributed by atoms with Crippen LogP contribution in [0.2, 0.25) is 0 Å². The van der Waals surface area contributed by atoms with Crippen LogP contribution in [0, 0.1) is 0 Å². The maximum atomic E-state index is 4.78. The molecular formula is C15H16N2S. The number of para-hydroxylation sites is 2. The van der Waals surface area contributed by atoms with E-state index in [1.165, 1.54) is 16.2 Å². The highest BCUT2D eigenvalue weighted by Gasteiger charge is 2.10. The average molecular weight is 256 g/mol. The zero-order valence-electron chi connectivity index (χ0n) is 10.5. The molecule has 3 heteroatoms. The van der Waals surface area contributed by atoms with E-state index in [9.17, 15) is 0 Å². The molecule has 0 amide bonds. The van der Waals surface area contributed by atoms with Gasteiger partial charge in [-0.25, -0.2) is 4.98 Å². The molecule has 2 nitrogen and oxygen atoms in total. The van der Waals surface area contributed by atoms with E-state index in [1.807, 2.05) is 0 Å². The first kappa shape index (κ1) is 11.5. The summed E-state index contributed by atoms with van der Waals surface area (Å²) in [6.45, 7) is 3.25. The molecule has 92 valence electrons. The molecule has 1 aromatic carbocycles. The molecule has 2 heterocycles. The second-order valence-electron chi connectivity index (χ2n) is 4.42. The Bertz CT molecular complexity index is 638. The second-order valence-corrected chi connectivity index (χ2v) is 5.46. The fourth-order valence-electron chi connectivity index (χ4n) is 2.30. The van der Waals surface area contributed by atoms with Gasteiger partial charge in [-0.1, -0.05) is 25.1 Å². The Hall–Kier alpha value is -1.61. The highest BCUT2D eigenvalue weighted by molar-refractivity contribution is 7.09. The van der Waals surface area contributed by atoms with Gasteiger partial charge in [-0.2, -0.15) is 0 Å². The molecule has 2 aromatic heterocycles. The molecule has 0 aliphatic rings. The number of aryl methyl sites for hydroxylation is 1. The molecule has 0 spiro atoms. The normalized spacial score (nSPS) is 11.2. The van der Waals surface area contributed by atoms with Gasteiger partial charge in [0.15, 0.2) is 0 Å². The van der Waals surface area contributed by atoms with Gasteiger partial charge in [-0.05, 0) is 30.0 Å². The van der Waals surface area contributed by atoms with Crippen molar-refractivity contribution in [3.8, 4) is 0 Å². The Morgan fingerprint density at radius 3 is 2.83 bits per heavy atom. The van der Waals surface area contributed by atoms with Crippen molar-refractivity contribution >= 4 is 22.4 Å². The number of nitrogens with zero attached hydrogens (tertiary/aromatic N) is 2. The maximum absolute atomic E-state index is 4.78. The van der Waals surface area contributed by atoms with E-state index in [0.717, 1.165) is 24.9 Å². The molecule has 0 aliphatic carbocycles. The van der Waals surface area contributed by atoms with Crippen LogP contribution in [-0.2, 0) is 13.0 Å². The third-order valence-corrected chi connectivity index (χ3v) is 3.97. The van der Waals surface area contributed by atoms with Crippen molar-refractivity contribution in [3.63, 3.8) is 0 Å². The van der Waals surface area contributed by atoms with Gasteiger partial charge in [0, 0.05) is 17.8 Å². The number of benzene rings is 1. The Kier molecular flexibility index (Phi) is 3.15. The van der Waals surface area contributed by atoms with E-state index in [1.54, 1.807) is 11.3 Å². The topological polar surface area (TPSA) is 17.8 Å². The van der Waals surface area contributed by atoms with Crippen molar-refractivity contribution in [2.75, 3.05) is 0 Å². The molecule has 0 radical (unpaired) electrons. The number of aromatic nitrogens is 2. The van der Waals surface area contributed by atoms with E-state index < -0.39 is 0 Å². The van der Waals surface area contributed by atoms with Crippen LogP contribution in [0.4, 0.5) is 0 Å².